The largest absolute Gasteiger partial charge is 0.369 e. The van der Waals surface area contributed by atoms with Crippen molar-refractivity contribution in [3.05, 3.63) is 43.2 Å². The molecule has 0 aliphatic carbocycles. The van der Waals surface area contributed by atoms with Crippen molar-refractivity contribution in [1.82, 2.24) is 29.7 Å². The number of likely N-dealkylation sites (N-methyl/N-ethyl adjacent to an activating group) is 1. The fraction of sp³-hybridized carbons (Fsp3) is 0.481. The van der Waals surface area contributed by atoms with Crippen LogP contribution in [0.3, 0.4) is 0 Å². The number of carbonyl (C=O) groups excluding carboxylic acids is 1. The monoisotopic (exact) mass is 503 g/mol. The van der Waals surface area contributed by atoms with Crippen LogP contribution in [0.4, 0.5) is 23.1 Å². The molecule has 37 heavy (non-hydrogen) atoms. The zero-order valence-corrected chi connectivity index (χ0v) is 22.0. The number of rotatable bonds is 8. The molecule has 3 aromatic rings. The number of aromatic nitrogens is 4. The second kappa shape index (κ2) is 10.8. The van der Waals surface area contributed by atoms with E-state index in [4.69, 9.17) is 9.97 Å². The van der Waals surface area contributed by atoms with E-state index < -0.39 is 0 Å². The summed E-state index contributed by atoms with van der Waals surface area (Å²) in [5.74, 6) is 1.17. The SMILES string of the molecule is C=CC(=O)N[C@H]1CCN(c2nc(Nc3ccc(N4CCN(CC)CC4)cc3)c3ncn(C(C)C)c3n2)C1. The topological polar surface area (TPSA) is 94.5 Å². The minimum absolute atomic E-state index is 0.0444. The van der Waals surface area contributed by atoms with Crippen LogP contribution in [0.25, 0.3) is 11.2 Å². The summed E-state index contributed by atoms with van der Waals surface area (Å²) in [4.78, 5) is 33.3. The summed E-state index contributed by atoms with van der Waals surface area (Å²) in [6.07, 6.45) is 3.97. The van der Waals surface area contributed by atoms with Gasteiger partial charge in [0.25, 0.3) is 0 Å². The number of imidazole rings is 1. The van der Waals surface area contributed by atoms with E-state index in [1.54, 1.807) is 0 Å². The number of anilines is 4. The van der Waals surface area contributed by atoms with Gasteiger partial charge >= 0.3 is 0 Å². The highest BCUT2D eigenvalue weighted by molar-refractivity contribution is 5.88. The lowest BCUT2D eigenvalue weighted by atomic mass is 10.2. The molecule has 1 atom stereocenters. The molecular weight excluding hydrogens is 466 g/mol. The van der Waals surface area contributed by atoms with Crippen LogP contribution in [0.2, 0.25) is 0 Å². The molecule has 0 saturated carbocycles. The Hall–Kier alpha value is -3.66. The fourth-order valence-electron chi connectivity index (χ4n) is 5.05. The Balaban J connectivity index is 1.38. The molecule has 196 valence electrons. The van der Waals surface area contributed by atoms with Crippen molar-refractivity contribution in [2.75, 3.05) is 60.9 Å². The van der Waals surface area contributed by atoms with Crippen molar-refractivity contribution in [3.63, 3.8) is 0 Å². The first-order valence-corrected chi connectivity index (χ1v) is 13.2. The van der Waals surface area contributed by atoms with Crippen LogP contribution in [-0.4, -0.2) is 82.2 Å². The molecule has 10 nitrogen and oxygen atoms in total. The quantitative estimate of drug-likeness (QED) is 0.453. The highest BCUT2D eigenvalue weighted by atomic mass is 16.1. The zero-order valence-electron chi connectivity index (χ0n) is 22.0. The summed E-state index contributed by atoms with van der Waals surface area (Å²) in [7, 11) is 0. The lowest BCUT2D eigenvalue weighted by Gasteiger charge is -2.35. The van der Waals surface area contributed by atoms with Gasteiger partial charge in [0.2, 0.25) is 11.9 Å². The van der Waals surface area contributed by atoms with Gasteiger partial charge in [0.1, 0.15) is 0 Å². The molecule has 1 aromatic carbocycles. The average molecular weight is 504 g/mol. The predicted molar refractivity (Wildman–Crippen MR) is 149 cm³/mol. The molecule has 0 spiro atoms. The molecule has 5 rings (SSSR count). The van der Waals surface area contributed by atoms with E-state index in [-0.39, 0.29) is 18.0 Å². The van der Waals surface area contributed by atoms with Crippen molar-refractivity contribution >= 4 is 40.2 Å². The lowest BCUT2D eigenvalue weighted by molar-refractivity contribution is -0.117. The Kier molecular flexibility index (Phi) is 7.27. The number of hydrogen-bond acceptors (Lipinski definition) is 8. The Bertz CT molecular complexity index is 1240. The van der Waals surface area contributed by atoms with Crippen molar-refractivity contribution in [2.45, 2.75) is 39.3 Å². The van der Waals surface area contributed by atoms with Gasteiger partial charge in [-0.3, -0.25) is 4.79 Å². The highest BCUT2D eigenvalue weighted by Gasteiger charge is 2.27. The Morgan fingerprint density at radius 3 is 2.54 bits per heavy atom. The van der Waals surface area contributed by atoms with Gasteiger partial charge in [0.15, 0.2) is 17.0 Å². The van der Waals surface area contributed by atoms with Crippen LogP contribution in [0, 0.1) is 0 Å². The third-order valence-corrected chi connectivity index (χ3v) is 7.28. The molecule has 2 fully saturated rings. The van der Waals surface area contributed by atoms with E-state index >= 15 is 0 Å². The van der Waals surface area contributed by atoms with Crippen LogP contribution < -0.4 is 20.4 Å². The number of fused-ring (bicyclic) bond motifs is 1. The molecule has 0 unspecified atom stereocenters. The van der Waals surface area contributed by atoms with Gasteiger partial charge in [-0.05, 0) is 57.2 Å². The van der Waals surface area contributed by atoms with E-state index in [0.717, 1.165) is 62.5 Å². The van der Waals surface area contributed by atoms with Crippen LogP contribution in [-0.2, 0) is 4.79 Å². The van der Waals surface area contributed by atoms with E-state index in [0.29, 0.717) is 18.3 Å². The first-order chi connectivity index (χ1) is 17.9. The van der Waals surface area contributed by atoms with Gasteiger partial charge in [0, 0.05) is 62.7 Å². The number of nitrogens with one attached hydrogen (secondary N) is 2. The molecule has 2 N–H and O–H groups in total. The minimum Gasteiger partial charge on any atom is -0.369 e. The van der Waals surface area contributed by atoms with Crippen molar-refractivity contribution < 1.29 is 4.79 Å². The number of amides is 1. The van der Waals surface area contributed by atoms with Crippen molar-refractivity contribution in [2.24, 2.45) is 0 Å². The minimum atomic E-state index is -0.154. The summed E-state index contributed by atoms with van der Waals surface area (Å²) in [5.41, 5.74) is 3.74. The Labute approximate surface area is 218 Å². The summed E-state index contributed by atoms with van der Waals surface area (Å²) >= 11 is 0. The number of hydrogen-bond donors (Lipinski definition) is 2. The fourth-order valence-corrected chi connectivity index (χ4v) is 5.05. The smallest absolute Gasteiger partial charge is 0.243 e. The van der Waals surface area contributed by atoms with Crippen LogP contribution >= 0.6 is 0 Å². The molecule has 2 aromatic heterocycles. The second-order valence-corrected chi connectivity index (χ2v) is 10.0. The standard InChI is InChI=1S/C27H37N9O/c1-5-23(37)29-21-11-12-35(17-21)27-31-25(24-26(32-27)36(18-28-24)19(3)4)30-20-7-9-22(10-8-20)34-15-13-33(6-2)14-16-34/h5,7-10,18-19,21H,1,6,11-17H2,2-4H3,(H,29,37)(H,30,31,32)/t21-/m0/s1. The van der Waals surface area contributed by atoms with Gasteiger partial charge in [-0.15, -0.1) is 0 Å². The summed E-state index contributed by atoms with van der Waals surface area (Å²) < 4.78 is 2.07. The van der Waals surface area contributed by atoms with Gasteiger partial charge in [-0.2, -0.15) is 9.97 Å². The lowest BCUT2D eigenvalue weighted by Crippen LogP contribution is -2.46. The number of piperazine rings is 1. The van der Waals surface area contributed by atoms with Crippen molar-refractivity contribution in [1.29, 1.82) is 0 Å². The number of benzene rings is 1. The first kappa shape index (κ1) is 25.0. The van der Waals surface area contributed by atoms with E-state index in [2.05, 4.69) is 86.5 Å². The average Bonchev–Trinajstić information content (AvgIpc) is 3.56. The maximum atomic E-state index is 11.8. The molecule has 2 aliphatic rings. The predicted octanol–water partition coefficient (Wildman–Crippen LogP) is 3.17. The molecule has 1 amide bonds. The normalized spacial score (nSPS) is 18.5. The molecule has 10 heteroatoms. The molecular formula is C27H37N9O. The molecule has 2 saturated heterocycles. The van der Waals surface area contributed by atoms with Crippen LogP contribution in [0.15, 0.2) is 43.2 Å². The van der Waals surface area contributed by atoms with Gasteiger partial charge in [-0.25, -0.2) is 4.98 Å². The number of nitrogens with zero attached hydrogens (tertiary/aromatic N) is 7. The summed E-state index contributed by atoms with van der Waals surface area (Å²) in [6.45, 7) is 16.8. The summed E-state index contributed by atoms with van der Waals surface area (Å²) in [6, 6.07) is 8.80. The second-order valence-electron chi connectivity index (χ2n) is 10.0. The van der Waals surface area contributed by atoms with Gasteiger partial charge in [-0.1, -0.05) is 13.5 Å². The van der Waals surface area contributed by atoms with Crippen molar-refractivity contribution in [3.8, 4) is 0 Å². The molecule has 0 radical (unpaired) electrons. The molecule has 4 heterocycles. The molecule has 2 aliphatic heterocycles. The Morgan fingerprint density at radius 2 is 1.86 bits per heavy atom. The van der Waals surface area contributed by atoms with Gasteiger partial charge in [0.05, 0.1) is 6.33 Å². The maximum absolute atomic E-state index is 11.8. The zero-order chi connectivity index (χ0) is 25.9. The van der Waals surface area contributed by atoms with E-state index in [1.807, 2.05) is 6.33 Å². The highest BCUT2D eigenvalue weighted by Crippen LogP contribution is 2.29. The maximum Gasteiger partial charge on any atom is 0.243 e. The first-order valence-electron chi connectivity index (χ1n) is 13.2. The van der Waals surface area contributed by atoms with Crippen LogP contribution in [0.5, 0.6) is 0 Å². The van der Waals surface area contributed by atoms with E-state index in [9.17, 15) is 4.79 Å². The number of carbonyl (C=O) groups is 1. The van der Waals surface area contributed by atoms with E-state index in [1.165, 1.54) is 11.8 Å². The molecule has 0 bridgehead atoms. The third kappa shape index (κ3) is 5.39. The van der Waals surface area contributed by atoms with Gasteiger partial charge < -0.3 is 29.9 Å². The Morgan fingerprint density at radius 1 is 1.11 bits per heavy atom. The van der Waals surface area contributed by atoms with Crippen LogP contribution in [0.1, 0.15) is 33.2 Å². The summed E-state index contributed by atoms with van der Waals surface area (Å²) in [5, 5.41) is 6.49. The third-order valence-electron chi connectivity index (χ3n) is 7.28.